The maximum atomic E-state index is 13.5. The summed E-state index contributed by atoms with van der Waals surface area (Å²) in [5.74, 6) is -7.40. The van der Waals surface area contributed by atoms with Crippen molar-refractivity contribution in [1.82, 2.24) is 4.57 Å². The molecule has 2 aromatic carbocycles. The highest BCUT2D eigenvalue weighted by Crippen LogP contribution is 2.19. The van der Waals surface area contributed by atoms with Gasteiger partial charge in [0.15, 0.2) is 29.6 Å². The summed E-state index contributed by atoms with van der Waals surface area (Å²) in [6.07, 6.45) is 0. The third-order valence-electron chi connectivity index (χ3n) is 3.53. The first-order chi connectivity index (χ1) is 12.9. The van der Waals surface area contributed by atoms with Gasteiger partial charge < -0.3 is 14.5 Å². The van der Waals surface area contributed by atoms with E-state index in [1.165, 1.54) is 0 Å². The molecule has 1 N–H and O–H groups in total. The average Bonchev–Trinajstić information content (AvgIpc) is 2.96. The number of carbonyl (C=O) groups excluding carboxylic acids is 2. The lowest BCUT2D eigenvalue weighted by molar-refractivity contribution is -0.147. The van der Waals surface area contributed by atoms with Crippen LogP contribution in [0.2, 0.25) is 0 Å². The van der Waals surface area contributed by atoms with E-state index in [2.05, 4.69) is 0 Å². The fourth-order valence-corrected chi connectivity index (χ4v) is 2.29. The largest absolute Gasteiger partial charge is 0.454 e. The monoisotopic (exact) mass is 380 g/mol. The van der Waals surface area contributed by atoms with Crippen LogP contribution in [0, 0.1) is 17.5 Å². The maximum Gasteiger partial charge on any atom is 0.420 e. The minimum Gasteiger partial charge on any atom is -0.454 e. The van der Waals surface area contributed by atoms with Crippen molar-refractivity contribution in [2.45, 2.75) is 6.54 Å². The molecule has 1 aromatic heterocycles. The number of para-hydroxylation sites is 2. The van der Waals surface area contributed by atoms with E-state index in [-0.39, 0.29) is 5.58 Å². The van der Waals surface area contributed by atoms with Crippen LogP contribution in [0.15, 0.2) is 45.6 Å². The molecule has 10 heteroatoms. The number of amides is 1. The molecule has 0 radical (unpaired) electrons. The van der Waals surface area contributed by atoms with Crippen molar-refractivity contribution in [3.8, 4) is 0 Å². The lowest BCUT2D eigenvalue weighted by atomic mass is 10.3. The highest BCUT2D eigenvalue weighted by molar-refractivity contribution is 5.93. The van der Waals surface area contributed by atoms with Gasteiger partial charge in [0.1, 0.15) is 6.54 Å². The number of ether oxygens (including phenoxy) is 1. The summed E-state index contributed by atoms with van der Waals surface area (Å²) in [5, 5.41) is 1.95. The highest BCUT2D eigenvalue weighted by Gasteiger charge is 2.17. The summed E-state index contributed by atoms with van der Waals surface area (Å²) in [7, 11) is 0. The molecule has 0 unspecified atom stereocenters. The van der Waals surface area contributed by atoms with Crippen LogP contribution in [0.4, 0.5) is 18.9 Å². The maximum absolute atomic E-state index is 13.5. The van der Waals surface area contributed by atoms with Gasteiger partial charge in [-0.2, -0.15) is 0 Å². The fraction of sp³-hybridized carbons (Fsp3) is 0.118. The number of anilines is 1. The number of hydrogen-bond acceptors (Lipinski definition) is 5. The summed E-state index contributed by atoms with van der Waals surface area (Å²) in [6, 6.07) is 7.86. The van der Waals surface area contributed by atoms with Crippen molar-refractivity contribution in [2.24, 2.45) is 0 Å². The predicted octanol–water partition coefficient (Wildman–Crippen LogP) is 2.19. The molecule has 140 valence electrons. The molecule has 0 aliphatic carbocycles. The number of rotatable bonds is 5. The van der Waals surface area contributed by atoms with E-state index in [1.807, 2.05) is 5.32 Å². The number of esters is 1. The normalized spacial score (nSPS) is 10.8. The standard InChI is InChI=1S/C17H11F3N2O5/c18-9-5-6-10(16(20)15(9)19)21-13(23)8-26-14(24)7-22-11-3-1-2-4-12(11)27-17(22)25/h1-6H,7-8H2,(H,21,23). The molecular weight excluding hydrogens is 369 g/mol. The van der Waals surface area contributed by atoms with Gasteiger partial charge in [-0.05, 0) is 24.3 Å². The lowest BCUT2D eigenvalue weighted by Gasteiger charge is -2.08. The molecule has 1 amide bonds. The van der Waals surface area contributed by atoms with E-state index in [1.54, 1.807) is 24.3 Å². The highest BCUT2D eigenvalue weighted by atomic mass is 19.2. The Balaban J connectivity index is 1.61. The molecule has 1 heterocycles. The average molecular weight is 380 g/mol. The molecule has 0 atom stereocenters. The lowest BCUT2D eigenvalue weighted by Crippen LogP contribution is -2.26. The summed E-state index contributed by atoms with van der Waals surface area (Å²) in [5.41, 5.74) is 0.0432. The molecule has 0 aliphatic heterocycles. The summed E-state index contributed by atoms with van der Waals surface area (Å²) in [6.45, 7) is -1.33. The number of oxazole rings is 1. The molecule has 0 spiro atoms. The molecular formula is C17H11F3N2O5. The smallest absolute Gasteiger partial charge is 0.420 e. The Bertz CT molecular complexity index is 1090. The van der Waals surface area contributed by atoms with E-state index < -0.39 is 53.9 Å². The third kappa shape index (κ3) is 3.84. The minimum absolute atomic E-state index is 0.279. The van der Waals surface area contributed by atoms with Crippen LogP contribution in [-0.2, 0) is 20.9 Å². The second kappa shape index (κ2) is 7.36. The Kier molecular flexibility index (Phi) is 4.97. The topological polar surface area (TPSA) is 90.5 Å². The van der Waals surface area contributed by atoms with Crippen molar-refractivity contribution in [3.63, 3.8) is 0 Å². The molecule has 0 saturated heterocycles. The first-order valence-electron chi connectivity index (χ1n) is 7.54. The Morgan fingerprint density at radius 1 is 1.07 bits per heavy atom. The summed E-state index contributed by atoms with van der Waals surface area (Å²) < 4.78 is 50.1. The molecule has 27 heavy (non-hydrogen) atoms. The number of aromatic nitrogens is 1. The van der Waals surface area contributed by atoms with Gasteiger partial charge in [0.25, 0.3) is 5.91 Å². The van der Waals surface area contributed by atoms with E-state index >= 15 is 0 Å². The van der Waals surface area contributed by atoms with Gasteiger partial charge >= 0.3 is 11.7 Å². The number of nitrogens with zero attached hydrogens (tertiary/aromatic N) is 1. The zero-order chi connectivity index (χ0) is 19.6. The minimum atomic E-state index is -1.74. The van der Waals surface area contributed by atoms with Crippen molar-refractivity contribution < 1.29 is 31.9 Å². The van der Waals surface area contributed by atoms with Gasteiger partial charge in [0.05, 0.1) is 11.2 Å². The zero-order valence-corrected chi connectivity index (χ0v) is 13.5. The van der Waals surface area contributed by atoms with Gasteiger partial charge in [-0.15, -0.1) is 0 Å². The summed E-state index contributed by atoms with van der Waals surface area (Å²) >= 11 is 0. The molecule has 7 nitrogen and oxygen atoms in total. The van der Waals surface area contributed by atoms with Crippen LogP contribution >= 0.6 is 0 Å². The van der Waals surface area contributed by atoms with Gasteiger partial charge in [-0.25, -0.2) is 18.0 Å². The zero-order valence-electron chi connectivity index (χ0n) is 13.5. The second-order valence-electron chi connectivity index (χ2n) is 5.35. The van der Waals surface area contributed by atoms with E-state index in [4.69, 9.17) is 9.15 Å². The molecule has 0 aliphatic rings. The van der Waals surface area contributed by atoms with Crippen LogP contribution in [-0.4, -0.2) is 23.1 Å². The quantitative estimate of drug-likeness (QED) is 0.541. The number of carbonyl (C=O) groups is 2. The van der Waals surface area contributed by atoms with Crippen LogP contribution in [0.3, 0.4) is 0 Å². The van der Waals surface area contributed by atoms with Crippen molar-refractivity contribution in [3.05, 3.63) is 64.4 Å². The molecule has 3 aromatic rings. The van der Waals surface area contributed by atoms with Gasteiger partial charge in [-0.3, -0.25) is 14.2 Å². The molecule has 3 rings (SSSR count). The molecule has 0 saturated carbocycles. The van der Waals surface area contributed by atoms with Gasteiger partial charge in [0, 0.05) is 0 Å². The van der Waals surface area contributed by atoms with E-state index in [0.29, 0.717) is 11.6 Å². The van der Waals surface area contributed by atoms with Crippen molar-refractivity contribution in [2.75, 3.05) is 11.9 Å². The summed E-state index contributed by atoms with van der Waals surface area (Å²) in [4.78, 5) is 35.3. The van der Waals surface area contributed by atoms with Gasteiger partial charge in [-0.1, -0.05) is 12.1 Å². The first kappa shape index (κ1) is 18.2. The third-order valence-corrected chi connectivity index (χ3v) is 3.53. The van der Waals surface area contributed by atoms with Crippen LogP contribution in [0.5, 0.6) is 0 Å². The Morgan fingerprint density at radius 3 is 2.59 bits per heavy atom. The van der Waals surface area contributed by atoms with E-state index in [9.17, 15) is 27.6 Å². The number of nitrogens with one attached hydrogen (secondary N) is 1. The second-order valence-corrected chi connectivity index (χ2v) is 5.35. The first-order valence-corrected chi connectivity index (χ1v) is 7.54. The number of fused-ring (bicyclic) bond motifs is 1. The molecule has 0 fully saturated rings. The van der Waals surface area contributed by atoms with Gasteiger partial charge in [0.2, 0.25) is 0 Å². The van der Waals surface area contributed by atoms with Crippen LogP contribution in [0.25, 0.3) is 11.1 Å². The number of hydrogen-bond donors (Lipinski definition) is 1. The van der Waals surface area contributed by atoms with E-state index in [0.717, 1.165) is 10.6 Å². The van der Waals surface area contributed by atoms with Crippen LogP contribution < -0.4 is 11.1 Å². The number of benzene rings is 2. The Labute approximate surface area is 148 Å². The number of halogens is 3. The van der Waals surface area contributed by atoms with Crippen LogP contribution in [0.1, 0.15) is 0 Å². The predicted molar refractivity (Wildman–Crippen MR) is 86.4 cm³/mol. The molecule has 0 bridgehead atoms. The van der Waals surface area contributed by atoms with Crippen molar-refractivity contribution >= 4 is 28.7 Å². The van der Waals surface area contributed by atoms with Crippen molar-refractivity contribution in [1.29, 1.82) is 0 Å². The Hall–Kier alpha value is -3.56. The fourth-order valence-electron chi connectivity index (χ4n) is 2.29. The SMILES string of the molecule is O=C(COC(=O)Cn1c(=O)oc2ccccc21)Nc1ccc(F)c(F)c1F. The Morgan fingerprint density at radius 2 is 1.81 bits per heavy atom.